The van der Waals surface area contributed by atoms with Crippen molar-refractivity contribution in [3.8, 4) is 0 Å². The van der Waals surface area contributed by atoms with Crippen molar-refractivity contribution in [3.05, 3.63) is 24.5 Å². The van der Waals surface area contributed by atoms with Gasteiger partial charge in [-0.15, -0.1) is 12.6 Å². The summed E-state index contributed by atoms with van der Waals surface area (Å²) in [7, 11) is 0. The fraction of sp³-hybridized carbons (Fsp3) is 0. The number of pyridine rings is 1. The number of hydrogen-bond acceptors (Lipinski definition) is 4. The third kappa shape index (κ3) is 1.17. The molecular weight excluding hydrogens is 158 g/mol. The van der Waals surface area contributed by atoms with Crippen molar-refractivity contribution in [2.75, 3.05) is 0 Å². The average Bonchev–Trinajstić information content (AvgIpc) is 2.04. The van der Waals surface area contributed by atoms with Crippen LogP contribution in [0.2, 0.25) is 0 Å². The SMILES string of the molecule is Sc1ncc2ncccc2n1. The topological polar surface area (TPSA) is 38.7 Å². The van der Waals surface area contributed by atoms with E-state index in [1.165, 1.54) is 0 Å². The molecule has 54 valence electrons. The third-order valence-electron chi connectivity index (χ3n) is 1.34. The van der Waals surface area contributed by atoms with Crippen LogP contribution in [-0.2, 0) is 0 Å². The van der Waals surface area contributed by atoms with E-state index >= 15 is 0 Å². The molecule has 2 aromatic heterocycles. The lowest BCUT2D eigenvalue weighted by Gasteiger charge is -1.93. The molecule has 0 N–H and O–H groups in total. The minimum absolute atomic E-state index is 0.477. The number of rotatable bonds is 0. The summed E-state index contributed by atoms with van der Waals surface area (Å²) < 4.78 is 0. The summed E-state index contributed by atoms with van der Waals surface area (Å²) in [5.41, 5.74) is 1.62. The summed E-state index contributed by atoms with van der Waals surface area (Å²) in [4.78, 5) is 12.0. The van der Waals surface area contributed by atoms with Gasteiger partial charge < -0.3 is 0 Å². The van der Waals surface area contributed by atoms with Gasteiger partial charge in [0.05, 0.1) is 11.7 Å². The molecular formula is C7H5N3S. The minimum Gasteiger partial charge on any atom is -0.253 e. The second-order valence-corrected chi connectivity index (χ2v) is 2.48. The van der Waals surface area contributed by atoms with Gasteiger partial charge in [0.25, 0.3) is 0 Å². The Morgan fingerprint density at radius 3 is 3.00 bits per heavy atom. The van der Waals surface area contributed by atoms with Crippen LogP contribution in [-0.4, -0.2) is 15.0 Å². The molecule has 0 saturated carbocycles. The Morgan fingerprint density at radius 2 is 2.09 bits per heavy atom. The van der Waals surface area contributed by atoms with Crippen molar-refractivity contribution in [3.63, 3.8) is 0 Å². The normalized spacial score (nSPS) is 10.3. The highest BCUT2D eigenvalue weighted by Gasteiger charge is 1.94. The Bertz CT molecular complexity index is 388. The maximum Gasteiger partial charge on any atom is 0.185 e. The van der Waals surface area contributed by atoms with Crippen molar-refractivity contribution in [1.29, 1.82) is 0 Å². The molecule has 0 radical (unpaired) electrons. The predicted octanol–water partition coefficient (Wildman–Crippen LogP) is 1.31. The molecule has 0 aromatic carbocycles. The summed E-state index contributed by atoms with van der Waals surface area (Å²) in [5.74, 6) is 0. The van der Waals surface area contributed by atoms with Crippen molar-refractivity contribution in [2.45, 2.75) is 5.16 Å². The number of thiol groups is 1. The standard InChI is InChI=1S/C7H5N3S/c11-7-9-4-6-5(10-7)2-1-3-8-6/h1-4H,(H,9,10,11). The first kappa shape index (κ1) is 6.54. The molecule has 2 rings (SSSR count). The van der Waals surface area contributed by atoms with Crippen LogP contribution in [0.25, 0.3) is 11.0 Å². The van der Waals surface area contributed by atoms with Gasteiger partial charge in [0.15, 0.2) is 5.16 Å². The second-order valence-electron chi connectivity index (χ2n) is 2.08. The van der Waals surface area contributed by atoms with Crippen LogP contribution in [0.5, 0.6) is 0 Å². The minimum atomic E-state index is 0.477. The van der Waals surface area contributed by atoms with Crippen LogP contribution in [0.4, 0.5) is 0 Å². The zero-order chi connectivity index (χ0) is 7.68. The van der Waals surface area contributed by atoms with Gasteiger partial charge in [-0.05, 0) is 12.1 Å². The fourth-order valence-electron chi connectivity index (χ4n) is 0.859. The third-order valence-corrected chi connectivity index (χ3v) is 1.55. The molecule has 0 atom stereocenters. The van der Waals surface area contributed by atoms with E-state index in [1.807, 2.05) is 12.1 Å². The van der Waals surface area contributed by atoms with Gasteiger partial charge in [-0.3, -0.25) is 4.98 Å². The first-order valence-corrected chi connectivity index (χ1v) is 3.58. The molecule has 4 heteroatoms. The Kier molecular flexibility index (Phi) is 1.47. The van der Waals surface area contributed by atoms with E-state index in [0.29, 0.717) is 5.16 Å². The van der Waals surface area contributed by atoms with Gasteiger partial charge in [0.1, 0.15) is 5.52 Å². The van der Waals surface area contributed by atoms with Gasteiger partial charge >= 0.3 is 0 Å². The van der Waals surface area contributed by atoms with E-state index in [2.05, 4.69) is 27.6 Å². The Labute approximate surface area is 68.9 Å². The van der Waals surface area contributed by atoms with Gasteiger partial charge in [-0.25, -0.2) is 9.97 Å². The largest absolute Gasteiger partial charge is 0.253 e. The zero-order valence-corrected chi connectivity index (χ0v) is 6.49. The lowest BCUT2D eigenvalue weighted by molar-refractivity contribution is 1.00. The van der Waals surface area contributed by atoms with Crippen LogP contribution in [0.1, 0.15) is 0 Å². The first-order chi connectivity index (χ1) is 5.36. The Hall–Kier alpha value is -1.16. The van der Waals surface area contributed by atoms with E-state index in [1.54, 1.807) is 12.4 Å². The van der Waals surface area contributed by atoms with Crippen molar-refractivity contribution < 1.29 is 0 Å². The Morgan fingerprint density at radius 1 is 1.18 bits per heavy atom. The fourth-order valence-corrected chi connectivity index (χ4v) is 1.02. The lowest BCUT2D eigenvalue weighted by Crippen LogP contribution is -1.85. The highest BCUT2D eigenvalue weighted by atomic mass is 32.1. The van der Waals surface area contributed by atoms with Gasteiger partial charge in [-0.2, -0.15) is 0 Å². The van der Waals surface area contributed by atoms with Crippen LogP contribution in [0, 0.1) is 0 Å². The smallest absolute Gasteiger partial charge is 0.185 e. The highest BCUT2D eigenvalue weighted by Crippen LogP contribution is 2.07. The first-order valence-electron chi connectivity index (χ1n) is 3.13. The van der Waals surface area contributed by atoms with Crippen LogP contribution in [0.15, 0.2) is 29.7 Å². The number of nitrogens with zero attached hydrogens (tertiary/aromatic N) is 3. The molecule has 0 saturated heterocycles. The number of aromatic nitrogens is 3. The van der Waals surface area contributed by atoms with Crippen LogP contribution < -0.4 is 0 Å². The summed E-state index contributed by atoms with van der Waals surface area (Å²) in [6.45, 7) is 0. The second kappa shape index (κ2) is 2.47. The van der Waals surface area contributed by atoms with Crippen LogP contribution in [0.3, 0.4) is 0 Å². The molecule has 0 unspecified atom stereocenters. The van der Waals surface area contributed by atoms with Gasteiger partial charge in [-0.1, -0.05) is 0 Å². The number of hydrogen-bond donors (Lipinski definition) is 1. The molecule has 0 aliphatic rings. The van der Waals surface area contributed by atoms with Crippen molar-refractivity contribution in [1.82, 2.24) is 15.0 Å². The lowest BCUT2D eigenvalue weighted by atomic mass is 10.4. The van der Waals surface area contributed by atoms with Crippen LogP contribution >= 0.6 is 12.6 Å². The molecule has 0 spiro atoms. The maximum absolute atomic E-state index is 4.07. The van der Waals surface area contributed by atoms with E-state index in [9.17, 15) is 0 Å². The molecule has 3 nitrogen and oxygen atoms in total. The molecule has 0 amide bonds. The van der Waals surface area contributed by atoms with Crippen molar-refractivity contribution in [2.24, 2.45) is 0 Å². The van der Waals surface area contributed by atoms with Gasteiger partial charge in [0.2, 0.25) is 0 Å². The van der Waals surface area contributed by atoms with Crippen molar-refractivity contribution >= 4 is 23.7 Å². The quantitative estimate of drug-likeness (QED) is 0.470. The maximum atomic E-state index is 4.07. The van der Waals surface area contributed by atoms with Gasteiger partial charge in [0, 0.05) is 6.20 Å². The molecule has 0 aliphatic carbocycles. The molecule has 0 bridgehead atoms. The van der Waals surface area contributed by atoms with E-state index in [-0.39, 0.29) is 0 Å². The van der Waals surface area contributed by atoms with E-state index < -0.39 is 0 Å². The summed E-state index contributed by atoms with van der Waals surface area (Å²) in [6.07, 6.45) is 3.37. The Balaban J connectivity index is 2.83. The summed E-state index contributed by atoms with van der Waals surface area (Å²) >= 11 is 4.01. The molecule has 2 heterocycles. The molecule has 0 fully saturated rings. The number of fused-ring (bicyclic) bond motifs is 1. The summed E-state index contributed by atoms with van der Waals surface area (Å²) in [5, 5.41) is 0.477. The van der Waals surface area contributed by atoms with E-state index in [4.69, 9.17) is 0 Å². The average molecular weight is 163 g/mol. The predicted molar refractivity (Wildman–Crippen MR) is 44.6 cm³/mol. The zero-order valence-electron chi connectivity index (χ0n) is 5.60. The van der Waals surface area contributed by atoms with E-state index in [0.717, 1.165) is 11.0 Å². The molecule has 2 aromatic rings. The highest BCUT2D eigenvalue weighted by molar-refractivity contribution is 7.80. The molecule has 11 heavy (non-hydrogen) atoms. The summed E-state index contributed by atoms with van der Waals surface area (Å²) in [6, 6.07) is 3.71. The molecule has 0 aliphatic heterocycles. The monoisotopic (exact) mass is 163 g/mol.